The fourth-order valence-corrected chi connectivity index (χ4v) is 2.83. The summed E-state index contributed by atoms with van der Waals surface area (Å²) >= 11 is 1.50. The maximum absolute atomic E-state index is 11.9. The van der Waals surface area contributed by atoms with Crippen molar-refractivity contribution in [3.8, 4) is 0 Å². The van der Waals surface area contributed by atoms with Gasteiger partial charge < -0.3 is 9.84 Å². The number of piperidine rings is 1. The quantitative estimate of drug-likeness (QED) is 0.793. The molecule has 1 aromatic heterocycles. The van der Waals surface area contributed by atoms with Gasteiger partial charge in [0.1, 0.15) is 0 Å². The molecule has 0 saturated carbocycles. The number of aliphatic hydroxyl groups is 1. The highest BCUT2D eigenvalue weighted by atomic mass is 32.1. The van der Waals surface area contributed by atoms with Crippen LogP contribution in [0.25, 0.3) is 0 Å². The molecule has 0 spiro atoms. The van der Waals surface area contributed by atoms with E-state index in [1.54, 1.807) is 0 Å². The molecular formula is C13H19NO3S. The minimum Gasteiger partial charge on any atom is -0.394 e. The third kappa shape index (κ3) is 3.88. The number of hydrogen-bond donors (Lipinski definition) is 1. The van der Waals surface area contributed by atoms with Crippen molar-refractivity contribution in [3.05, 3.63) is 22.4 Å². The van der Waals surface area contributed by atoms with E-state index >= 15 is 0 Å². The Hall–Kier alpha value is -0.750. The Labute approximate surface area is 111 Å². The molecule has 0 amide bonds. The van der Waals surface area contributed by atoms with Crippen LogP contribution in [-0.4, -0.2) is 54.7 Å². The molecule has 4 nitrogen and oxygen atoms in total. The number of nitrogens with zero attached hydrogens (tertiary/aromatic N) is 1. The summed E-state index contributed by atoms with van der Waals surface area (Å²) in [7, 11) is 0. The van der Waals surface area contributed by atoms with Gasteiger partial charge in [0, 0.05) is 13.1 Å². The first-order valence-corrected chi connectivity index (χ1v) is 7.19. The smallest absolute Gasteiger partial charge is 0.186 e. The molecule has 1 N–H and O–H groups in total. The number of aliphatic hydroxyl groups excluding tert-OH is 1. The van der Waals surface area contributed by atoms with Crippen LogP contribution in [0.2, 0.25) is 0 Å². The number of rotatable bonds is 6. The summed E-state index contributed by atoms with van der Waals surface area (Å²) in [5, 5.41) is 10.6. The predicted molar refractivity (Wildman–Crippen MR) is 71.1 cm³/mol. The number of carbonyl (C=O) groups excluding carboxylic acids is 1. The van der Waals surface area contributed by atoms with Crippen molar-refractivity contribution < 1.29 is 14.6 Å². The SMILES string of the molecule is O=C(CN1CCC(OCCO)CC1)c1cccs1. The van der Waals surface area contributed by atoms with Gasteiger partial charge in [-0.25, -0.2) is 0 Å². The summed E-state index contributed by atoms with van der Waals surface area (Å²) in [5.74, 6) is 0.208. The maximum Gasteiger partial charge on any atom is 0.186 e. The number of ketones is 1. The molecular weight excluding hydrogens is 250 g/mol. The molecule has 0 aromatic carbocycles. The average molecular weight is 269 g/mol. The fourth-order valence-electron chi connectivity index (χ4n) is 2.17. The van der Waals surface area contributed by atoms with E-state index in [4.69, 9.17) is 9.84 Å². The second-order valence-corrected chi connectivity index (χ2v) is 5.42. The summed E-state index contributed by atoms with van der Waals surface area (Å²) < 4.78 is 5.50. The van der Waals surface area contributed by atoms with Crippen molar-refractivity contribution in [1.82, 2.24) is 4.90 Å². The number of thiophene rings is 1. The molecule has 1 saturated heterocycles. The molecule has 2 heterocycles. The molecule has 0 aliphatic carbocycles. The average Bonchev–Trinajstić information content (AvgIpc) is 2.92. The van der Waals surface area contributed by atoms with Crippen LogP contribution in [0.3, 0.4) is 0 Å². The number of likely N-dealkylation sites (tertiary alicyclic amines) is 1. The molecule has 0 radical (unpaired) electrons. The zero-order valence-corrected chi connectivity index (χ0v) is 11.2. The lowest BCUT2D eigenvalue weighted by Crippen LogP contribution is -2.40. The van der Waals surface area contributed by atoms with Crippen LogP contribution >= 0.6 is 11.3 Å². The summed E-state index contributed by atoms with van der Waals surface area (Å²) in [5.41, 5.74) is 0. The fraction of sp³-hybridized carbons (Fsp3) is 0.615. The van der Waals surface area contributed by atoms with Gasteiger partial charge in [-0.2, -0.15) is 0 Å². The van der Waals surface area contributed by atoms with E-state index in [2.05, 4.69) is 4.90 Å². The molecule has 0 bridgehead atoms. The van der Waals surface area contributed by atoms with Gasteiger partial charge in [0.2, 0.25) is 0 Å². The second kappa shape index (κ2) is 6.99. The topological polar surface area (TPSA) is 49.8 Å². The van der Waals surface area contributed by atoms with Gasteiger partial charge >= 0.3 is 0 Å². The van der Waals surface area contributed by atoms with Crippen molar-refractivity contribution in [2.24, 2.45) is 0 Å². The minimum absolute atomic E-state index is 0.0804. The van der Waals surface area contributed by atoms with Crippen LogP contribution in [0.15, 0.2) is 17.5 Å². The Morgan fingerprint density at radius 3 is 2.89 bits per heavy atom. The minimum atomic E-state index is 0.0804. The Morgan fingerprint density at radius 1 is 1.50 bits per heavy atom. The molecule has 1 aromatic rings. The van der Waals surface area contributed by atoms with Crippen LogP contribution in [0, 0.1) is 0 Å². The van der Waals surface area contributed by atoms with E-state index in [1.807, 2.05) is 17.5 Å². The molecule has 1 fully saturated rings. The second-order valence-electron chi connectivity index (χ2n) is 4.47. The number of ether oxygens (including phenoxy) is 1. The predicted octanol–water partition coefficient (Wildman–Crippen LogP) is 1.40. The van der Waals surface area contributed by atoms with E-state index in [0.29, 0.717) is 13.2 Å². The number of Topliss-reactive ketones (excluding diaryl/α,β-unsaturated/α-hetero) is 1. The van der Waals surface area contributed by atoms with Crippen LogP contribution in [0.5, 0.6) is 0 Å². The molecule has 5 heteroatoms. The first-order valence-electron chi connectivity index (χ1n) is 6.31. The maximum atomic E-state index is 11.9. The van der Waals surface area contributed by atoms with Gasteiger partial charge in [0.15, 0.2) is 5.78 Å². The molecule has 0 unspecified atom stereocenters. The lowest BCUT2D eigenvalue weighted by Gasteiger charge is -2.31. The highest BCUT2D eigenvalue weighted by Crippen LogP contribution is 2.15. The summed E-state index contributed by atoms with van der Waals surface area (Å²) in [6.45, 7) is 2.80. The van der Waals surface area contributed by atoms with E-state index in [1.165, 1.54) is 11.3 Å². The van der Waals surface area contributed by atoms with Gasteiger partial charge in [-0.3, -0.25) is 9.69 Å². The monoisotopic (exact) mass is 269 g/mol. The van der Waals surface area contributed by atoms with Crippen LogP contribution in [-0.2, 0) is 4.74 Å². The third-order valence-electron chi connectivity index (χ3n) is 3.14. The Bertz CT molecular complexity index is 358. The van der Waals surface area contributed by atoms with Crippen LogP contribution in [0.1, 0.15) is 22.5 Å². The highest BCUT2D eigenvalue weighted by molar-refractivity contribution is 7.12. The van der Waals surface area contributed by atoms with Crippen molar-refractivity contribution in [1.29, 1.82) is 0 Å². The summed E-state index contributed by atoms with van der Waals surface area (Å²) in [6.07, 6.45) is 2.13. The molecule has 18 heavy (non-hydrogen) atoms. The van der Waals surface area contributed by atoms with Crippen molar-refractivity contribution in [2.75, 3.05) is 32.8 Å². The van der Waals surface area contributed by atoms with Crippen molar-refractivity contribution in [3.63, 3.8) is 0 Å². The van der Waals surface area contributed by atoms with Gasteiger partial charge in [0.05, 0.1) is 30.7 Å². The molecule has 100 valence electrons. The molecule has 0 atom stereocenters. The number of carbonyl (C=O) groups is 1. The highest BCUT2D eigenvalue weighted by Gasteiger charge is 2.21. The largest absolute Gasteiger partial charge is 0.394 e. The van der Waals surface area contributed by atoms with Gasteiger partial charge in [0.25, 0.3) is 0 Å². The number of hydrogen-bond acceptors (Lipinski definition) is 5. The van der Waals surface area contributed by atoms with E-state index in [9.17, 15) is 4.79 Å². The molecule has 2 rings (SSSR count). The first kappa shape index (κ1) is 13.7. The first-order chi connectivity index (χ1) is 8.79. The van der Waals surface area contributed by atoms with Gasteiger partial charge in [-0.05, 0) is 24.3 Å². The third-order valence-corrected chi connectivity index (χ3v) is 4.05. The molecule has 1 aliphatic heterocycles. The summed E-state index contributed by atoms with van der Waals surface area (Å²) in [4.78, 5) is 15.0. The van der Waals surface area contributed by atoms with E-state index in [0.717, 1.165) is 30.8 Å². The van der Waals surface area contributed by atoms with Crippen molar-refractivity contribution >= 4 is 17.1 Å². The Kier molecular flexibility index (Phi) is 5.31. The Morgan fingerprint density at radius 2 is 2.28 bits per heavy atom. The van der Waals surface area contributed by atoms with Gasteiger partial charge in [-0.15, -0.1) is 11.3 Å². The summed E-state index contributed by atoms with van der Waals surface area (Å²) in [6, 6.07) is 3.79. The van der Waals surface area contributed by atoms with E-state index < -0.39 is 0 Å². The van der Waals surface area contributed by atoms with Gasteiger partial charge in [-0.1, -0.05) is 6.07 Å². The zero-order chi connectivity index (χ0) is 12.8. The van der Waals surface area contributed by atoms with E-state index in [-0.39, 0.29) is 18.5 Å². The normalized spacial score (nSPS) is 18.1. The molecule has 1 aliphatic rings. The lowest BCUT2D eigenvalue weighted by molar-refractivity contribution is -0.00687. The zero-order valence-electron chi connectivity index (χ0n) is 10.4. The van der Waals surface area contributed by atoms with Crippen LogP contribution < -0.4 is 0 Å². The van der Waals surface area contributed by atoms with Crippen LogP contribution in [0.4, 0.5) is 0 Å². The Balaban J connectivity index is 1.72. The van der Waals surface area contributed by atoms with Crippen molar-refractivity contribution in [2.45, 2.75) is 18.9 Å². The standard InChI is InChI=1S/C13H19NO3S/c15-7-8-17-11-3-5-14(6-4-11)10-12(16)13-2-1-9-18-13/h1-2,9,11,15H,3-8,10H2. The lowest BCUT2D eigenvalue weighted by atomic mass is 10.1.